The third-order valence-electron chi connectivity index (χ3n) is 3.71. The molecule has 2 atom stereocenters. The average molecular weight is 270 g/mol. The predicted molar refractivity (Wildman–Crippen MR) is 81.8 cm³/mol. The lowest BCUT2D eigenvalue weighted by Gasteiger charge is -2.17. The summed E-state index contributed by atoms with van der Waals surface area (Å²) in [5.41, 5.74) is 2.25. The van der Waals surface area contributed by atoms with Gasteiger partial charge in [0.05, 0.1) is 6.04 Å². The zero-order valence-corrected chi connectivity index (χ0v) is 12.3. The smallest absolute Gasteiger partial charge is 0.223 e. The topological polar surface area (TPSA) is 34.0 Å². The van der Waals surface area contributed by atoms with Crippen LogP contribution in [0.25, 0.3) is 5.69 Å². The fourth-order valence-electron chi connectivity index (χ4n) is 2.07. The van der Waals surface area contributed by atoms with Gasteiger partial charge in [0.15, 0.2) is 0 Å². The van der Waals surface area contributed by atoms with E-state index in [9.17, 15) is 4.79 Å². The molecule has 1 heterocycles. The molecule has 0 fully saturated rings. The third-order valence-corrected chi connectivity index (χ3v) is 3.71. The summed E-state index contributed by atoms with van der Waals surface area (Å²) in [6.45, 7) is 6.00. The maximum atomic E-state index is 11.9. The van der Waals surface area contributed by atoms with Gasteiger partial charge in [-0.25, -0.2) is 0 Å². The Kier molecular flexibility index (Phi) is 4.61. The lowest BCUT2D eigenvalue weighted by molar-refractivity contribution is -0.125. The highest BCUT2D eigenvalue weighted by molar-refractivity contribution is 5.78. The quantitative estimate of drug-likeness (QED) is 0.883. The Balaban J connectivity index is 2.04. The van der Waals surface area contributed by atoms with Gasteiger partial charge in [-0.3, -0.25) is 4.79 Å². The molecule has 0 bridgehead atoms. The van der Waals surface area contributed by atoms with Gasteiger partial charge in [-0.15, -0.1) is 0 Å². The van der Waals surface area contributed by atoms with Crippen LogP contribution < -0.4 is 5.32 Å². The van der Waals surface area contributed by atoms with Crippen molar-refractivity contribution in [3.63, 3.8) is 0 Å². The van der Waals surface area contributed by atoms with Gasteiger partial charge in [-0.05, 0) is 43.2 Å². The van der Waals surface area contributed by atoms with Crippen LogP contribution in [0.1, 0.15) is 38.8 Å². The van der Waals surface area contributed by atoms with E-state index in [1.807, 2.05) is 45.3 Å². The number of nitrogens with one attached hydrogen (secondary N) is 1. The van der Waals surface area contributed by atoms with Gasteiger partial charge in [0.25, 0.3) is 0 Å². The molecule has 1 N–H and O–H groups in total. The Labute approximate surface area is 120 Å². The molecule has 3 heteroatoms. The first kappa shape index (κ1) is 14.4. The van der Waals surface area contributed by atoms with E-state index in [-0.39, 0.29) is 17.9 Å². The van der Waals surface area contributed by atoms with Gasteiger partial charge >= 0.3 is 0 Å². The van der Waals surface area contributed by atoms with E-state index in [4.69, 9.17) is 0 Å². The maximum absolute atomic E-state index is 11.9. The molecule has 0 aliphatic heterocycles. The number of amides is 1. The number of aromatic nitrogens is 1. The molecule has 3 nitrogen and oxygen atoms in total. The molecule has 2 aromatic rings. The van der Waals surface area contributed by atoms with Crippen molar-refractivity contribution in [2.24, 2.45) is 5.92 Å². The second kappa shape index (κ2) is 6.42. The summed E-state index contributed by atoms with van der Waals surface area (Å²) >= 11 is 0. The Morgan fingerprint density at radius 1 is 1.15 bits per heavy atom. The number of nitrogens with zero attached hydrogens (tertiary/aromatic N) is 1. The van der Waals surface area contributed by atoms with Crippen LogP contribution in [-0.2, 0) is 4.79 Å². The summed E-state index contributed by atoms with van der Waals surface area (Å²) in [6, 6.07) is 12.3. The Bertz CT molecular complexity index is 543. The van der Waals surface area contributed by atoms with Crippen LogP contribution >= 0.6 is 0 Å². The molecule has 0 saturated carbocycles. The van der Waals surface area contributed by atoms with Crippen LogP contribution in [-0.4, -0.2) is 10.5 Å². The third kappa shape index (κ3) is 3.29. The second-order valence-electron chi connectivity index (χ2n) is 5.22. The van der Waals surface area contributed by atoms with Crippen molar-refractivity contribution in [2.75, 3.05) is 0 Å². The second-order valence-corrected chi connectivity index (χ2v) is 5.22. The standard InChI is InChI=1S/C17H22N2O/c1-4-13(2)17(20)18-14(3)15-7-9-16(10-8-15)19-11-5-6-12-19/h5-14H,4H2,1-3H3,(H,18,20)/t13-,14-/m1/s1. The minimum absolute atomic E-state index is 0.0372. The van der Waals surface area contributed by atoms with Crippen LogP contribution in [0.2, 0.25) is 0 Å². The molecule has 106 valence electrons. The zero-order chi connectivity index (χ0) is 14.5. The van der Waals surface area contributed by atoms with Crippen molar-refractivity contribution in [3.05, 3.63) is 54.4 Å². The fourth-order valence-corrected chi connectivity index (χ4v) is 2.07. The highest BCUT2D eigenvalue weighted by Crippen LogP contribution is 2.16. The lowest BCUT2D eigenvalue weighted by Crippen LogP contribution is -2.31. The van der Waals surface area contributed by atoms with Crippen LogP contribution in [0.5, 0.6) is 0 Å². The summed E-state index contributed by atoms with van der Waals surface area (Å²) in [7, 11) is 0. The van der Waals surface area contributed by atoms with Crippen LogP contribution in [0, 0.1) is 5.92 Å². The SMILES string of the molecule is CC[C@@H](C)C(=O)N[C@H](C)c1ccc(-n2cccc2)cc1. The average Bonchev–Trinajstić information content (AvgIpc) is 3.00. The molecule has 1 aromatic carbocycles. The van der Waals surface area contributed by atoms with Crippen molar-refractivity contribution < 1.29 is 4.79 Å². The maximum Gasteiger partial charge on any atom is 0.223 e. The summed E-state index contributed by atoms with van der Waals surface area (Å²) in [4.78, 5) is 11.9. The van der Waals surface area contributed by atoms with Crippen LogP contribution in [0.4, 0.5) is 0 Å². The van der Waals surface area contributed by atoms with E-state index in [1.165, 1.54) is 0 Å². The first-order valence-corrected chi connectivity index (χ1v) is 7.15. The normalized spacial score (nSPS) is 13.8. The summed E-state index contributed by atoms with van der Waals surface area (Å²) in [6.07, 6.45) is 4.90. The van der Waals surface area contributed by atoms with Gasteiger partial charge in [0.2, 0.25) is 5.91 Å². The number of benzene rings is 1. The highest BCUT2D eigenvalue weighted by atomic mass is 16.1. The molecule has 0 radical (unpaired) electrons. The molecule has 2 rings (SSSR count). The summed E-state index contributed by atoms with van der Waals surface area (Å²) in [5.74, 6) is 0.186. The van der Waals surface area contributed by atoms with Gasteiger partial charge in [0, 0.05) is 24.0 Å². The molecular formula is C17H22N2O. The molecule has 0 aliphatic carbocycles. The molecule has 20 heavy (non-hydrogen) atoms. The molecule has 0 unspecified atom stereocenters. The Hall–Kier alpha value is -2.03. The van der Waals surface area contributed by atoms with Gasteiger partial charge < -0.3 is 9.88 Å². The number of carbonyl (C=O) groups is 1. The van der Waals surface area contributed by atoms with Crippen LogP contribution in [0.15, 0.2) is 48.8 Å². The number of hydrogen-bond acceptors (Lipinski definition) is 1. The predicted octanol–water partition coefficient (Wildman–Crippen LogP) is 3.70. The van der Waals surface area contributed by atoms with Gasteiger partial charge in [0.1, 0.15) is 0 Å². The highest BCUT2D eigenvalue weighted by Gasteiger charge is 2.14. The number of carbonyl (C=O) groups excluding carboxylic acids is 1. The lowest BCUT2D eigenvalue weighted by atomic mass is 10.0. The molecule has 0 aliphatic rings. The number of rotatable bonds is 5. The first-order valence-electron chi connectivity index (χ1n) is 7.15. The van der Waals surface area contributed by atoms with Gasteiger partial charge in [-0.1, -0.05) is 26.0 Å². The molecular weight excluding hydrogens is 248 g/mol. The van der Waals surface area contributed by atoms with E-state index in [0.717, 1.165) is 17.7 Å². The molecule has 1 amide bonds. The summed E-state index contributed by atoms with van der Waals surface area (Å²) < 4.78 is 2.06. The molecule has 0 spiro atoms. The van der Waals surface area contributed by atoms with Gasteiger partial charge in [-0.2, -0.15) is 0 Å². The van der Waals surface area contributed by atoms with Crippen molar-refractivity contribution in [2.45, 2.75) is 33.2 Å². The fraction of sp³-hybridized carbons (Fsp3) is 0.353. The van der Waals surface area contributed by atoms with E-state index >= 15 is 0 Å². The summed E-state index contributed by atoms with van der Waals surface area (Å²) in [5, 5.41) is 3.06. The van der Waals surface area contributed by atoms with E-state index < -0.39 is 0 Å². The zero-order valence-electron chi connectivity index (χ0n) is 12.3. The van der Waals surface area contributed by atoms with E-state index in [1.54, 1.807) is 0 Å². The van der Waals surface area contributed by atoms with E-state index in [2.05, 4.69) is 34.1 Å². The van der Waals surface area contributed by atoms with E-state index in [0.29, 0.717) is 0 Å². The Morgan fingerprint density at radius 2 is 1.75 bits per heavy atom. The monoisotopic (exact) mass is 270 g/mol. The largest absolute Gasteiger partial charge is 0.349 e. The minimum atomic E-state index is 0.0372. The number of hydrogen-bond donors (Lipinski definition) is 1. The van der Waals surface area contributed by atoms with Crippen molar-refractivity contribution in [1.29, 1.82) is 0 Å². The first-order chi connectivity index (χ1) is 9.61. The van der Waals surface area contributed by atoms with Crippen molar-refractivity contribution in [3.8, 4) is 5.69 Å². The van der Waals surface area contributed by atoms with Crippen molar-refractivity contribution in [1.82, 2.24) is 9.88 Å². The minimum Gasteiger partial charge on any atom is -0.349 e. The van der Waals surface area contributed by atoms with Crippen molar-refractivity contribution >= 4 is 5.91 Å². The van der Waals surface area contributed by atoms with Crippen LogP contribution in [0.3, 0.4) is 0 Å². The molecule has 0 saturated heterocycles. The Morgan fingerprint density at radius 3 is 2.30 bits per heavy atom. The molecule has 1 aromatic heterocycles.